The number of ether oxygens (including phenoxy) is 1. The lowest BCUT2D eigenvalue weighted by atomic mass is 10.0. The third-order valence-electron chi connectivity index (χ3n) is 3.90. The maximum Gasteiger partial charge on any atom is 0.312 e. The van der Waals surface area contributed by atoms with Crippen molar-refractivity contribution in [2.75, 3.05) is 25.1 Å². The third-order valence-corrected chi connectivity index (χ3v) is 4.99. The Kier molecular flexibility index (Phi) is 3.70. The number of carbonyl (C=O) groups is 1. The quantitative estimate of drug-likeness (QED) is 0.885. The van der Waals surface area contributed by atoms with Gasteiger partial charge in [0.25, 0.3) is 0 Å². The normalized spacial score (nSPS) is 23.3. The Morgan fingerprint density at radius 3 is 2.95 bits per heavy atom. The molecule has 19 heavy (non-hydrogen) atoms. The molecule has 0 spiro atoms. The van der Waals surface area contributed by atoms with Gasteiger partial charge in [0.1, 0.15) is 5.92 Å². The molecule has 1 saturated heterocycles. The number of hydrogen-bond acceptors (Lipinski definition) is 5. The van der Waals surface area contributed by atoms with Crippen molar-refractivity contribution in [3.63, 3.8) is 0 Å². The average Bonchev–Trinajstić information content (AvgIpc) is 2.96. The highest BCUT2D eigenvalue weighted by Crippen LogP contribution is 2.38. The molecule has 0 aromatic carbocycles. The molecule has 1 aliphatic carbocycles. The first-order valence-corrected chi connectivity index (χ1v) is 7.59. The largest absolute Gasteiger partial charge is 0.481 e. The van der Waals surface area contributed by atoms with Gasteiger partial charge in [0.05, 0.1) is 5.69 Å². The predicted molar refractivity (Wildman–Crippen MR) is 72.8 cm³/mol. The van der Waals surface area contributed by atoms with Crippen molar-refractivity contribution in [2.24, 2.45) is 5.92 Å². The number of anilines is 1. The number of nitrogens with zero attached hydrogens (tertiary/aromatic N) is 1. The van der Waals surface area contributed by atoms with E-state index in [1.54, 1.807) is 11.3 Å². The van der Waals surface area contributed by atoms with E-state index in [-0.39, 0.29) is 0 Å². The van der Waals surface area contributed by atoms with Gasteiger partial charge in [-0.1, -0.05) is 0 Å². The summed E-state index contributed by atoms with van der Waals surface area (Å²) in [6, 6.07) is 0. The Labute approximate surface area is 116 Å². The van der Waals surface area contributed by atoms with Crippen LogP contribution in [0.5, 0.6) is 0 Å². The lowest BCUT2D eigenvalue weighted by Gasteiger charge is -2.21. The van der Waals surface area contributed by atoms with Gasteiger partial charge < -0.3 is 15.2 Å². The molecule has 2 heterocycles. The van der Waals surface area contributed by atoms with Crippen molar-refractivity contribution >= 4 is 22.4 Å². The smallest absolute Gasteiger partial charge is 0.312 e. The van der Waals surface area contributed by atoms with E-state index in [0.717, 1.165) is 54.7 Å². The Bertz CT molecular complexity index is 468. The molecular formula is C13H18N2O3S. The molecule has 1 unspecified atom stereocenters. The van der Waals surface area contributed by atoms with Crippen LogP contribution in [0.3, 0.4) is 0 Å². The van der Waals surface area contributed by atoms with Crippen LogP contribution < -0.4 is 5.32 Å². The van der Waals surface area contributed by atoms with Crippen LogP contribution in [0.4, 0.5) is 5.13 Å². The van der Waals surface area contributed by atoms with Crippen LogP contribution in [0.1, 0.15) is 35.8 Å². The Morgan fingerprint density at radius 2 is 2.21 bits per heavy atom. The Hall–Kier alpha value is -1.14. The van der Waals surface area contributed by atoms with E-state index < -0.39 is 11.9 Å². The molecule has 0 radical (unpaired) electrons. The Balaban J connectivity index is 1.60. The van der Waals surface area contributed by atoms with Crippen molar-refractivity contribution in [3.8, 4) is 0 Å². The van der Waals surface area contributed by atoms with Crippen LogP contribution in [0.15, 0.2) is 0 Å². The molecule has 0 saturated carbocycles. The number of hydrogen-bond donors (Lipinski definition) is 2. The van der Waals surface area contributed by atoms with E-state index in [9.17, 15) is 4.79 Å². The van der Waals surface area contributed by atoms with Crippen LogP contribution in [0.25, 0.3) is 0 Å². The molecule has 6 heteroatoms. The molecule has 104 valence electrons. The monoisotopic (exact) mass is 282 g/mol. The molecule has 1 fully saturated rings. The zero-order valence-corrected chi connectivity index (χ0v) is 11.5. The fourth-order valence-corrected chi connectivity index (χ4v) is 3.77. The van der Waals surface area contributed by atoms with Gasteiger partial charge in [-0.3, -0.25) is 4.79 Å². The summed E-state index contributed by atoms with van der Waals surface area (Å²) in [5.74, 6) is -0.507. The van der Waals surface area contributed by atoms with Gasteiger partial charge >= 0.3 is 5.97 Å². The summed E-state index contributed by atoms with van der Waals surface area (Å²) in [4.78, 5) is 16.7. The topological polar surface area (TPSA) is 71.5 Å². The highest BCUT2D eigenvalue weighted by Gasteiger charge is 2.32. The molecule has 2 aliphatic rings. The van der Waals surface area contributed by atoms with Crippen LogP contribution in [0.2, 0.25) is 0 Å². The number of fused-ring (bicyclic) bond motifs is 1. The van der Waals surface area contributed by atoms with Crippen LogP contribution in [-0.2, 0) is 16.0 Å². The molecule has 1 aliphatic heterocycles. The van der Waals surface area contributed by atoms with Gasteiger partial charge in [-0.05, 0) is 31.6 Å². The van der Waals surface area contributed by atoms with Crippen LogP contribution in [-0.4, -0.2) is 35.8 Å². The lowest BCUT2D eigenvalue weighted by Crippen LogP contribution is -2.22. The number of aryl methyl sites for hydroxylation is 1. The molecule has 0 bridgehead atoms. The number of rotatable bonds is 4. The Morgan fingerprint density at radius 1 is 1.42 bits per heavy atom. The van der Waals surface area contributed by atoms with Crippen molar-refractivity contribution in [1.82, 2.24) is 4.98 Å². The minimum absolute atomic E-state index is 0.398. The highest BCUT2D eigenvalue weighted by atomic mass is 32.1. The molecule has 5 nitrogen and oxygen atoms in total. The number of nitrogens with one attached hydrogen (secondary N) is 1. The molecule has 3 rings (SSSR count). The first-order valence-electron chi connectivity index (χ1n) is 6.78. The van der Waals surface area contributed by atoms with Gasteiger partial charge in [-0.15, -0.1) is 11.3 Å². The van der Waals surface area contributed by atoms with E-state index in [1.807, 2.05) is 0 Å². The second-order valence-corrected chi connectivity index (χ2v) is 6.28. The molecule has 1 aromatic heterocycles. The second kappa shape index (κ2) is 5.46. The van der Waals surface area contributed by atoms with E-state index >= 15 is 0 Å². The minimum atomic E-state index is -0.750. The summed E-state index contributed by atoms with van der Waals surface area (Å²) in [7, 11) is 0. The molecule has 1 atom stereocenters. The van der Waals surface area contributed by atoms with Crippen molar-refractivity contribution < 1.29 is 14.6 Å². The fraction of sp³-hybridized carbons (Fsp3) is 0.692. The third kappa shape index (κ3) is 2.74. The summed E-state index contributed by atoms with van der Waals surface area (Å²) in [6.07, 6.45) is 3.73. The number of thiazole rings is 1. The van der Waals surface area contributed by atoms with Crippen LogP contribution >= 0.6 is 11.3 Å². The summed E-state index contributed by atoms with van der Waals surface area (Å²) in [5.41, 5.74) is 0.784. The standard InChI is InChI=1S/C13H18N2O3S/c16-12(17)9-1-2-10-11(9)15-13(19-10)14-7-8-3-5-18-6-4-8/h8-9H,1-7H2,(H,14,15)(H,16,17). The van der Waals surface area contributed by atoms with E-state index in [1.165, 1.54) is 0 Å². The van der Waals surface area contributed by atoms with Gasteiger partial charge in [-0.2, -0.15) is 0 Å². The molecule has 1 aromatic rings. The number of carboxylic acids is 1. The van der Waals surface area contributed by atoms with E-state index in [4.69, 9.17) is 9.84 Å². The van der Waals surface area contributed by atoms with Crippen molar-refractivity contribution in [3.05, 3.63) is 10.6 Å². The predicted octanol–water partition coefficient (Wildman–Crippen LogP) is 2.10. The summed E-state index contributed by atoms with van der Waals surface area (Å²) in [5, 5.41) is 13.4. The fourth-order valence-electron chi connectivity index (χ4n) is 2.73. The van der Waals surface area contributed by atoms with Crippen LogP contribution in [0, 0.1) is 5.92 Å². The van der Waals surface area contributed by atoms with E-state index in [0.29, 0.717) is 12.3 Å². The summed E-state index contributed by atoms with van der Waals surface area (Å²) < 4.78 is 5.34. The van der Waals surface area contributed by atoms with Crippen molar-refractivity contribution in [2.45, 2.75) is 31.6 Å². The number of carboxylic acid groups (broad SMARTS) is 1. The van der Waals surface area contributed by atoms with Crippen molar-refractivity contribution in [1.29, 1.82) is 0 Å². The number of aromatic nitrogens is 1. The van der Waals surface area contributed by atoms with Gasteiger partial charge in [0.2, 0.25) is 0 Å². The first kappa shape index (κ1) is 12.9. The van der Waals surface area contributed by atoms with Gasteiger partial charge in [0.15, 0.2) is 5.13 Å². The highest BCUT2D eigenvalue weighted by molar-refractivity contribution is 7.15. The van der Waals surface area contributed by atoms with Gasteiger partial charge in [-0.25, -0.2) is 4.98 Å². The second-order valence-electron chi connectivity index (χ2n) is 5.19. The van der Waals surface area contributed by atoms with E-state index in [2.05, 4.69) is 10.3 Å². The molecule has 2 N–H and O–H groups in total. The SMILES string of the molecule is O=C(O)C1CCc2sc(NCC3CCOCC3)nc21. The zero-order valence-electron chi connectivity index (χ0n) is 10.7. The zero-order chi connectivity index (χ0) is 13.2. The summed E-state index contributed by atoms with van der Waals surface area (Å²) in [6.45, 7) is 2.61. The summed E-state index contributed by atoms with van der Waals surface area (Å²) >= 11 is 1.61. The van der Waals surface area contributed by atoms with Gasteiger partial charge in [0, 0.05) is 24.6 Å². The number of aliphatic carboxylic acids is 1. The first-order chi connectivity index (χ1) is 9.24. The molecule has 0 amide bonds. The maximum atomic E-state index is 11.1. The average molecular weight is 282 g/mol. The minimum Gasteiger partial charge on any atom is -0.481 e. The maximum absolute atomic E-state index is 11.1. The molecular weight excluding hydrogens is 264 g/mol. The lowest BCUT2D eigenvalue weighted by molar-refractivity contribution is -0.138.